The fraction of sp³-hybridized carbons (Fsp3) is 0.476. The molecule has 3 amide bonds. The third-order valence-electron chi connectivity index (χ3n) is 4.25. The minimum absolute atomic E-state index is 0.119. The third kappa shape index (κ3) is 7.77. The lowest BCUT2D eigenvalue weighted by atomic mass is 10.2. The third-order valence-corrected chi connectivity index (χ3v) is 4.60. The van der Waals surface area contributed by atoms with E-state index in [4.69, 9.17) is 16.3 Å². The Kier molecular flexibility index (Phi) is 8.08. The minimum atomic E-state index is -0.623. The number of alkyl carbamates (subject to hydrolysis) is 1. The maximum absolute atomic E-state index is 12.5. The van der Waals surface area contributed by atoms with Crippen LogP contribution in [0.15, 0.2) is 30.3 Å². The number of nitrogens with zero attached hydrogens (tertiary/aromatic N) is 2. The summed E-state index contributed by atoms with van der Waals surface area (Å²) in [6.07, 6.45) is 3.25. The lowest BCUT2D eigenvalue weighted by Crippen LogP contribution is -2.43. The molecule has 158 valence electrons. The summed E-state index contributed by atoms with van der Waals surface area (Å²) in [6, 6.07) is 7.30. The molecule has 0 saturated carbocycles. The molecule has 1 aromatic carbocycles. The Morgan fingerprint density at radius 1 is 1.10 bits per heavy atom. The van der Waals surface area contributed by atoms with Gasteiger partial charge in [-0.15, -0.1) is 0 Å². The van der Waals surface area contributed by atoms with Gasteiger partial charge >= 0.3 is 6.09 Å². The number of ether oxygens (including phenoxy) is 1. The molecule has 1 aliphatic heterocycles. The average molecular weight is 422 g/mol. The lowest BCUT2D eigenvalue weighted by molar-refractivity contribution is -0.131. The van der Waals surface area contributed by atoms with Gasteiger partial charge in [0, 0.05) is 37.3 Å². The first-order valence-corrected chi connectivity index (χ1v) is 9.99. The topological polar surface area (TPSA) is 79.0 Å². The van der Waals surface area contributed by atoms with Gasteiger partial charge in [0.05, 0.1) is 0 Å². The Morgan fingerprint density at radius 3 is 2.45 bits per heavy atom. The number of carbonyl (C=O) groups is 3. The molecule has 0 unspecified atom stereocenters. The van der Waals surface area contributed by atoms with Crippen LogP contribution in [0.2, 0.25) is 5.02 Å². The molecule has 1 fully saturated rings. The normalized spacial score (nSPS) is 15.2. The summed E-state index contributed by atoms with van der Waals surface area (Å²) < 4.78 is 5.13. The quantitative estimate of drug-likeness (QED) is 0.758. The van der Waals surface area contributed by atoms with E-state index in [2.05, 4.69) is 5.32 Å². The van der Waals surface area contributed by atoms with Gasteiger partial charge in [-0.05, 0) is 44.9 Å². The van der Waals surface area contributed by atoms with E-state index in [-0.39, 0.29) is 18.4 Å². The van der Waals surface area contributed by atoms with Crippen LogP contribution in [-0.4, -0.2) is 66.0 Å². The maximum atomic E-state index is 12.5. The van der Waals surface area contributed by atoms with Crippen molar-refractivity contribution >= 4 is 35.6 Å². The van der Waals surface area contributed by atoms with E-state index in [1.807, 2.05) is 18.2 Å². The van der Waals surface area contributed by atoms with E-state index in [0.29, 0.717) is 37.6 Å². The van der Waals surface area contributed by atoms with Crippen molar-refractivity contribution < 1.29 is 19.1 Å². The summed E-state index contributed by atoms with van der Waals surface area (Å²) in [5.41, 5.74) is 0.163. The molecular weight excluding hydrogens is 394 g/mol. The second kappa shape index (κ2) is 10.3. The van der Waals surface area contributed by atoms with Crippen LogP contribution < -0.4 is 5.32 Å². The zero-order valence-corrected chi connectivity index (χ0v) is 17.9. The number of hydrogen-bond donors (Lipinski definition) is 1. The molecule has 29 heavy (non-hydrogen) atoms. The van der Waals surface area contributed by atoms with Crippen LogP contribution in [0.3, 0.4) is 0 Å². The van der Waals surface area contributed by atoms with Gasteiger partial charge in [0.25, 0.3) is 0 Å². The molecule has 1 N–H and O–H groups in total. The van der Waals surface area contributed by atoms with Crippen molar-refractivity contribution in [2.45, 2.75) is 32.8 Å². The van der Waals surface area contributed by atoms with Gasteiger partial charge in [-0.1, -0.05) is 29.8 Å². The largest absolute Gasteiger partial charge is 0.444 e. The van der Waals surface area contributed by atoms with E-state index >= 15 is 0 Å². The van der Waals surface area contributed by atoms with Crippen molar-refractivity contribution in [1.29, 1.82) is 0 Å². The van der Waals surface area contributed by atoms with Crippen molar-refractivity contribution in [3.8, 4) is 0 Å². The van der Waals surface area contributed by atoms with E-state index in [0.717, 1.165) is 5.56 Å². The molecule has 7 nitrogen and oxygen atoms in total. The molecule has 0 atom stereocenters. The zero-order chi connectivity index (χ0) is 21.4. The van der Waals surface area contributed by atoms with E-state index in [1.54, 1.807) is 42.7 Å². The predicted octanol–water partition coefficient (Wildman–Crippen LogP) is 2.94. The van der Waals surface area contributed by atoms with Crippen LogP contribution in [0.25, 0.3) is 6.08 Å². The van der Waals surface area contributed by atoms with E-state index in [1.165, 1.54) is 6.08 Å². The van der Waals surface area contributed by atoms with Crippen molar-refractivity contribution in [1.82, 2.24) is 15.1 Å². The predicted molar refractivity (Wildman–Crippen MR) is 112 cm³/mol. The second-order valence-corrected chi connectivity index (χ2v) is 8.18. The molecule has 0 aliphatic carbocycles. The van der Waals surface area contributed by atoms with Crippen LogP contribution >= 0.6 is 11.6 Å². The number of rotatable bonds is 4. The maximum Gasteiger partial charge on any atom is 0.408 e. The van der Waals surface area contributed by atoms with Crippen molar-refractivity contribution in [2.24, 2.45) is 0 Å². The minimum Gasteiger partial charge on any atom is -0.444 e. The Balaban J connectivity index is 1.83. The number of nitrogens with one attached hydrogen (secondary N) is 1. The van der Waals surface area contributed by atoms with Gasteiger partial charge in [0.15, 0.2) is 0 Å². The first kappa shape index (κ1) is 22.7. The monoisotopic (exact) mass is 421 g/mol. The van der Waals surface area contributed by atoms with Gasteiger partial charge in [-0.2, -0.15) is 0 Å². The number of halogens is 1. The fourth-order valence-corrected chi connectivity index (χ4v) is 3.04. The molecule has 1 heterocycles. The highest BCUT2D eigenvalue weighted by Crippen LogP contribution is 2.16. The smallest absolute Gasteiger partial charge is 0.408 e. The van der Waals surface area contributed by atoms with Crippen LogP contribution in [0.5, 0.6) is 0 Å². The molecule has 0 radical (unpaired) electrons. The Bertz CT molecular complexity index is 773. The number of benzene rings is 1. The van der Waals surface area contributed by atoms with Crippen molar-refractivity contribution in [2.75, 3.05) is 32.7 Å². The highest BCUT2D eigenvalue weighted by Gasteiger charge is 2.22. The standard InChI is InChI=1S/C21H28ClN3O4/c1-21(2,3)29-20(28)23-15-19(27)25-12-6-11-24(13-14-25)18(26)10-9-16-7-4-5-8-17(16)22/h4-5,7-10H,6,11-15H2,1-3H3,(H,23,28)/b10-9+. The van der Waals surface area contributed by atoms with Gasteiger partial charge in [-0.25, -0.2) is 4.79 Å². The van der Waals surface area contributed by atoms with Gasteiger partial charge in [0.2, 0.25) is 11.8 Å². The molecule has 0 aromatic heterocycles. The second-order valence-electron chi connectivity index (χ2n) is 7.77. The van der Waals surface area contributed by atoms with Crippen molar-refractivity contribution in [3.63, 3.8) is 0 Å². The zero-order valence-electron chi connectivity index (χ0n) is 17.1. The van der Waals surface area contributed by atoms with E-state index in [9.17, 15) is 14.4 Å². The number of amides is 3. The lowest BCUT2D eigenvalue weighted by Gasteiger charge is -2.23. The Labute approximate surface area is 176 Å². The first-order chi connectivity index (χ1) is 13.7. The van der Waals surface area contributed by atoms with E-state index < -0.39 is 11.7 Å². The molecule has 0 bridgehead atoms. The van der Waals surface area contributed by atoms with Crippen LogP contribution in [0.1, 0.15) is 32.8 Å². The number of carbonyl (C=O) groups excluding carboxylic acids is 3. The number of hydrogen-bond acceptors (Lipinski definition) is 4. The Hall–Kier alpha value is -2.54. The summed E-state index contributed by atoms with van der Waals surface area (Å²) in [5.74, 6) is -0.317. The van der Waals surface area contributed by atoms with Gasteiger partial charge in [-0.3, -0.25) is 9.59 Å². The molecule has 8 heteroatoms. The molecule has 1 saturated heterocycles. The summed E-state index contributed by atoms with van der Waals surface area (Å²) in [7, 11) is 0. The fourth-order valence-electron chi connectivity index (χ4n) is 2.84. The molecular formula is C21H28ClN3O4. The summed E-state index contributed by atoms with van der Waals surface area (Å²) >= 11 is 6.10. The first-order valence-electron chi connectivity index (χ1n) is 9.62. The molecule has 1 aliphatic rings. The summed E-state index contributed by atoms with van der Waals surface area (Å²) in [6.45, 7) is 7.10. The molecule has 1 aromatic rings. The van der Waals surface area contributed by atoms with Crippen molar-refractivity contribution in [3.05, 3.63) is 40.9 Å². The molecule has 2 rings (SSSR count). The highest BCUT2D eigenvalue weighted by atomic mass is 35.5. The SMILES string of the molecule is CC(C)(C)OC(=O)NCC(=O)N1CCCN(C(=O)/C=C/c2ccccc2Cl)CC1. The van der Waals surface area contributed by atoms with Gasteiger partial charge in [0.1, 0.15) is 12.1 Å². The molecule has 0 spiro atoms. The van der Waals surface area contributed by atoms with Crippen LogP contribution in [-0.2, 0) is 14.3 Å². The average Bonchev–Trinajstić information content (AvgIpc) is 2.90. The Morgan fingerprint density at radius 2 is 1.76 bits per heavy atom. The summed E-state index contributed by atoms with van der Waals surface area (Å²) in [5, 5.41) is 3.06. The van der Waals surface area contributed by atoms with Gasteiger partial charge < -0.3 is 19.9 Å². The van der Waals surface area contributed by atoms with Crippen LogP contribution in [0.4, 0.5) is 4.79 Å². The highest BCUT2D eigenvalue weighted by molar-refractivity contribution is 6.32. The summed E-state index contributed by atoms with van der Waals surface area (Å²) in [4.78, 5) is 39.9. The van der Waals surface area contributed by atoms with Crippen LogP contribution in [0, 0.1) is 0 Å².